The lowest BCUT2D eigenvalue weighted by atomic mass is 9.99. The summed E-state index contributed by atoms with van der Waals surface area (Å²) in [5, 5.41) is 8.62. The average Bonchev–Trinajstić information content (AvgIpc) is 2.38. The Labute approximate surface area is 108 Å². The zero-order chi connectivity index (χ0) is 13.8. The van der Waals surface area contributed by atoms with E-state index < -0.39 is 11.8 Å². The number of benzene rings is 2. The van der Waals surface area contributed by atoms with Gasteiger partial charge in [0.1, 0.15) is 11.6 Å². The fourth-order valence-electron chi connectivity index (χ4n) is 1.71. The molecule has 0 fully saturated rings. The molecule has 0 atom stereocenters. The van der Waals surface area contributed by atoms with Crippen LogP contribution in [0.4, 0.5) is 8.78 Å². The van der Waals surface area contributed by atoms with Crippen LogP contribution >= 0.6 is 0 Å². The van der Waals surface area contributed by atoms with Crippen molar-refractivity contribution in [1.29, 1.82) is 0 Å². The normalized spacial score (nSPS) is 10.8. The zero-order valence-electron chi connectivity index (χ0n) is 9.81. The molecule has 2 nitrogen and oxygen atoms in total. The molecule has 19 heavy (non-hydrogen) atoms. The summed E-state index contributed by atoms with van der Waals surface area (Å²) in [6.07, 6.45) is 2.35. The smallest absolute Gasteiger partial charge is 0.328 e. The fraction of sp³-hybridized carbons (Fsp3) is 0. The van der Waals surface area contributed by atoms with Crippen molar-refractivity contribution in [2.45, 2.75) is 0 Å². The van der Waals surface area contributed by atoms with E-state index in [0.717, 1.165) is 6.08 Å². The molecule has 2 rings (SSSR count). The van der Waals surface area contributed by atoms with Gasteiger partial charge in [0.05, 0.1) is 0 Å². The molecule has 0 radical (unpaired) electrons. The summed E-state index contributed by atoms with van der Waals surface area (Å²) in [6, 6.07) is 9.58. The molecular weight excluding hydrogens is 250 g/mol. The van der Waals surface area contributed by atoms with E-state index in [0.29, 0.717) is 16.7 Å². The lowest BCUT2D eigenvalue weighted by molar-refractivity contribution is -0.131. The van der Waals surface area contributed by atoms with Gasteiger partial charge in [-0.05, 0) is 47.0 Å². The molecule has 0 heterocycles. The molecule has 0 aliphatic rings. The van der Waals surface area contributed by atoms with Crippen molar-refractivity contribution >= 4 is 12.0 Å². The largest absolute Gasteiger partial charge is 0.478 e. The van der Waals surface area contributed by atoms with E-state index in [1.54, 1.807) is 0 Å². The van der Waals surface area contributed by atoms with Crippen LogP contribution in [0.1, 0.15) is 5.56 Å². The summed E-state index contributed by atoms with van der Waals surface area (Å²) >= 11 is 0. The Morgan fingerprint density at radius 2 is 1.63 bits per heavy atom. The molecule has 0 bridgehead atoms. The van der Waals surface area contributed by atoms with E-state index in [1.807, 2.05) is 0 Å². The molecule has 0 saturated carbocycles. The van der Waals surface area contributed by atoms with Crippen LogP contribution in [0.25, 0.3) is 17.2 Å². The average molecular weight is 260 g/mol. The third kappa shape index (κ3) is 3.25. The van der Waals surface area contributed by atoms with Gasteiger partial charge in [-0.25, -0.2) is 13.6 Å². The standard InChI is InChI=1S/C15H10F2O2/c16-12-5-1-10(2-6-12)14-9-13(17)7-3-11(14)4-8-15(18)19/h1-9H,(H,18,19)/b8-4+. The van der Waals surface area contributed by atoms with Crippen LogP contribution < -0.4 is 0 Å². The van der Waals surface area contributed by atoms with Crippen molar-refractivity contribution in [1.82, 2.24) is 0 Å². The highest BCUT2D eigenvalue weighted by Crippen LogP contribution is 2.26. The molecule has 0 aliphatic carbocycles. The summed E-state index contributed by atoms with van der Waals surface area (Å²) in [7, 11) is 0. The maximum Gasteiger partial charge on any atom is 0.328 e. The molecule has 2 aromatic carbocycles. The van der Waals surface area contributed by atoms with Crippen molar-refractivity contribution in [3.8, 4) is 11.1 Å². The molecule has 0 spiro atoms. The first-order valence-electron chi connectivity index (χ1n) is 5.53. The highest BCUT2D eigenvalue weighted by atomic mass is 19.1. The van der Waals surface area contributed by atoms with Gasteiger partial charge in [0.15, 0.2) is 0 Å². The first-order chi connectivity index (χ1) is 9.06. The van der Waals surface area contributed by atoms with E-state index in [4.69, 9.17) is 5.11 Å². The summed E-state index contributed by atoms with van der Waals surface area (Å²) in [5.41, 5.74) is 1.68. The van der Waals surface area contributed by atoms with Gasteiger partial charge in [-0.3, -0.25) is 0 Å². The van der Waals surface area contributed by atoms with Crippen LogP contribution in [0.5, 0.6) is 0 Å². The topological polar surface area (TPSA) is 37.3 Å². The van der Waals surface area contributed by atoms with Crippen molar-refractivity contribution in [2.24, 2.45) is 0 Å². The summed E-state index contributed by atoms with van der Waals surface area (Å²) in [5.74, 6) is -1.91. The van der Waals surface area contributed by atoms with Crippen molar-refractivity contribution < 1.29 is 18.7 Å². The molecule has 0 unspecified atom stereocenters. The molecule has 96 valence electrons. The Hall–Kier alpha value is -2.49. The van der Waals surface area contributed by atoms with E-state index in [9.17, 15) is 13.6 Å². The first kappa shape index (κ1) is 13.0. The van der Waals surface area contributed by atoms with Gasteiger partial charge in [0, 0.05) is 6.08 Å². The van der Waals surface area contributed by atoms with Gasteiger partial charge in [0.25, 0.3) is 0 Å². The highest BCUT2D eigenvalue weighted by molar-refractivity contribution is 5.87. The van der Waals surface area contributed by atoms with Crippen molar-refractivity contribution in [2.75, 3.05) is 0 Å². The SMILES string of the molecule is O=C(O)/C=C/c1ccc(F)cc1-c1ccc(F)cc1. The third-order valence-corrected chi connectivity index (χ3v) is 2.58. The molecule has 2 aromatic rings. The lowest BCUT2D eigenvalue weighted by Gasteiger charge is -2.06. The molecule has 0 saturated heterocycles. The Morgan fingerprint density at radius 3 is 2.26 bits per heavy atom. The predicted octanol–water partition coefficient (Wildman–Crippen LogP) is 3.73. The fourth-order valence-corrected chi connectivity index (χ4v) is 1.71. The van der Waals surface area contributed by atoms with Gasteiger partial charge < -0.3 is 5.11 Å². The number of aliphatic carboxylic acids is 1. The molecule has 0 aromatic heterocycles. The number of halogens is 2. The molecule has 0 aliphatic heterocycles. The van der Waals surface area contributed by atoms with Gasteiger partial charge in [-0.2, -0.15) is 0 Å². The summed E-state index contributed by atoms with van der Waals surface area (Å²) in [6.45, 7) is 0. The second kappa shape index (κ2) is 5.44. The van der Waals surface area contributed by atoms with Gasteiger partial charge in [-0.15, -0.1) is 0 Å². The van der Waals surface area contributed by atoms with E-state index in [1.165, 1.54) is 48.5 Å². The number of rotatable bonds is 3. The van der Waals surface area contributed by atoms with E-state index >= 15 is 0 Å². The van der Waals surface area contributed by atoms with Crippen LogP contribution in [0.15, 0.2) is 48.5 Å². The van der Waals surface area contributed by atoms with E-state index in [-0.39, 0.29) is 5.82 Å². The first-order valence-corrected chi connectivity index (χ1v) is 5.53. The van der Waals surface area contributed by atoms with Crippen LogP contribution in [0.3, 0.4) is 0 Å². The Bertz CT molecular complexity index is 631. The number of carboxylic acids is 1. The monoisotopic (exact) mass is 260 g/mol. The number of hydrogen-bond donors (Lipinski definition) is 1. The maximum absolute atomic E-state index is 13.3. The molecule has 4 heteroatoms. The number of carboxylic acid groups (broad SMARTS) is 1. The Morgan fingerprint density at radius 1 is 1.00 bits per heavy atom. The quantitative estimate of drug-likeness (QED) is 0.854. The lowest BCUT2D eigenvalue weighted by Crippen LogP contribution is -1.89. The predicted molar refractivity (Wildman–Crippen MR) is 68.5 cm³/mol. The number of hydrogen-bond acceptors (Lipinski definition) is 1. The Balaban J connectivity index is 2.51. The summed E-state index contributed by atoms with van der Waals surface area (Å²) < 4.78 is 26.2. The van der Waals surface area contributed by atoms with Gasteiger partial charge >= 0.3 is 5.97 Å². The minimum absolute atomic E-state index is 0.386. The zero-order valence-corrected chi connectivity index (χ0v) is 9.81. The van der Waals surface area contributed by atoms with Crippen LogP contribution in [-0.4, -0.2) is 11.1 Å². The summed E-state index contributed by atoms with van der Waals surface area (Å²) in [4.78, 5) is 10.5. The van der Waals surface area contributed by atoms with Crippen LogP contribution in [0, 0.1) is 11.6 Å². The molecular formula is C15H10F2O2. The minimum Gasteiger partial charge on any atom is -0.478 e. The Kier molecular flexibility index (Phi) is 3.71. The van der Waals surface area contributed by atoms with Gasteiger partial charge in [0.2, 0.25) is 0 Å². The minimum atomic E-state index is -1.09. The van der Waals surface area contributed by atoms with E-state index in [2.05, 4.69) is 0 Å². The van der Waals surface area contributed by atoms with Crippen molar-refractivity contribution in [3.63, 3.8) is 0 Å². The molecule has 1 N–H and O–H groups in total. The second-order valence-corrected chi connectivity index (χ2v) is 3.91. The third-order valence-electron chi connectivity index (χ3n) is 2.58. The highest BCUT2D eigenvalue weighted by Gasteiger charge is 2.05. The second-order valence-electron chi connectivity index (χ2n) is 3.91. The van der Waals surface area contributed by atoms with Crippen LogP contribution in [-0.2, 0) is 4.79 Å². The number of carbonyl (C=O) groups is 1. The van der Waals surface area contributed by atoms with Crippen molar-refractivity contribution in [3.05, 3.63) is 65.7 Å². The van der Waals surface area contributed by atoms with Gasteiger partial charge in [-0.1, -0.05) is 18.2 Å². The van der Waals surface area contributed by atoms with Crippen LogP contribution in [0.2, 0.25) is 0 Å². The maximum atomic E-state index is 13.3. The molecule has 0 amide bonds.